The SMILES string of the molecule is COCCSc1cc(OC)cc(F)c1[N+](=O)[O-]. The molecule has 17 heavy (non-hydrogen) atoms. The fourth-order valence-corrected chi connectivity index (χ4v) is 2.17. The minimum Gasteiger partial charge on any atom is -0.497 e. The molecule has 94 valence electrons. The smallest absolute Gasteiger partial charge is 0.318 e. The molecule has 1 aromatic rings. The van der Waals surface area contributed by atoms with Crippen LogP contribution in [0.4, 0.5) is 10.1 Å². The van der Waals surface area contributed by atoms with Gasteiger partial charge >= 0.3 is 5.69 Å². The fourth-order valence-electron chi connectivity index (χ4n) is 1.19. The van der Waals surface area contributed by atoms with Gasteiger partial charge in [-0.3, -0.25) is 10.1 Å². The van der Waals surface area contributed by atoms with Gasteiger partial charge in [0.15, 0.2) is 0 Å². The summed E-state index contributed by atoms with van der Waals surface area (Å²) < 4.78 is 23.2. The van der Waals surface area contributed by atoms with Crippen LogP contribution in [0.5, 0.6) is 5.75 Å². The molecule has 0 aliphatic carbocycles. The van der Waals surface area contributed by atoms with Gasteiger partial charge in [0.1, 0.15) is 5.75 Å². The van der Waals surface area contributed by atoms with Gasteiger partial charge in [-0.05, 0) is 0 Å². The minimum atomic E-state index is -0.894. The molecule has 0 amide bonds. The lowest BCUT2D eigenvalue weighted by Crippen LogP contribution is -1.98. The first-order valence-corrected chi connectivity index (χ1v) is 5.72. The molecule has 7 heteroatoms. The fraction of sp³-hybridized carbons (Fsp3) is 0.400. The van der Waals surface area contributed by atoms with E-state index in [1.165, 1.54) is 20.3 Å². The third-order valence-electron chi connectivity index (χ3n) is 1.97. The molecule has 5 nitrogen and oxygen atoms in total. The monoisotopic (exact) mass is 261 g/mol. The van der Waals surface area contributed by atoms with Crippen LogP contribution in [0.1, 0.15) is 0 Å². The van der Waals surface area contributed by atoms with Crippen LogP contribution in [0.25, 0.3) is 0 Å². The van der Waals surface area contributed by atoms with Crippen molar-refractivity contribution in [3.05, 3.63) is 28.1 Å². The lowest BCUT2D eigenvalue weighted by atomic mass is 10.3. The number of benzene rings is 1. The Bertz CT molecular complexity index is 414. The Hall–Kier alpha value is -1.34. The van der Waals surface area contributed by atoms with E-state index in [1.807, 2.05) is 0 Å². The lowest BCUT2D eigenvalue weighted by molar-refractivity contribution is -0.390. The molecule has 0 fully saturated rings. The van der Waals surface area contributed by atoms with Gasteiger partial charge in [0, 0.05) is 25.0 Å². The van der Waals surface area contributed by atoms with E-state index < -0.39 is 16.4 Å². The molecule has 0 N–H and O–H groups in total. The standard InChI is InChI=1S/C10H12FNO4S/c1-15-3-4-17-9-6-7(16-2)5-8(11)10(9)12(13)14/h5-6H,3-4H2,1-2H3. The van der Waals surface area contributed by atoms with Crippen molar-refractivity contribution in [1.82, 2.24) is 0 Å². The summed E-state index contributed by atoms with van der Waals surface area (Å²) in [4.78, 5) is 10.3. The Labute approximate surface area is 102 Å². The molecular formula is C10H12FNO4S. The summed E-state index contributed by atoms with van der Waals surface area (Å²) >= 11 is 1.16. The zero-order valence-electron chi connectivity index (χ0n) is 9.44. The van der Waals surface area contributed by atoms with Crippen molar-refractivity contribution in [2.24, 2.45) is 0 Å². The third-order valence-corrected chi connectivity index (χ3v) is 2.96. The van der Waals surface area contributed by atoms with E-state index in [1.54, 1.807) is 0 Å². The van der Waals surface area contributed by atoms with Gasteiger partial charge in [-0.2, -0.15) is 4.39 Å². The highest BCUT2D eigenvalue weighted by molar-refractivity contribution is 7.99. The predicted octanol–water partition coefficient (Wildman–Crippen LogP) is 2.48. The van der Waals surface area contributed by atoms with Crippen LogP contribution in [-0.4, -0.2) is 31.5 Å². The zero-order valence-corrected chi connectivity index (χ0v) is 10.3. The molecule has 0 spiro atoms. The molecule has 1 rings (SSSR count). The van der Waals surface area contributed by atoms with Crippen LogP contribution in [0, 0.1) is 15.9 Å². The highest BCUT2D eigenvalue weighted by Gasteiger charge is 2.22. The van der Waals surface area contributed by atoms with Gasteiger partial charge in [0.25, 0.3) is 0 Å². The average Bonchev–Trinajstić information content (AvgIpc) is 2.28. The van der Waals surface area contributed by atoms with E-state index in [9.17, 15) is 14.5 Å². The number of nitro groups is 1. The van der Waals surface area contributed by atoms with Crippen molar-refractivity contribution in [1.29, 1.82) is 0 Å². The van der Waals surface area contributed by atoms with Crippen molar-refractivity contribution in [3.63, 3.8) is 0 Å². The zero-order chi connectivity index (χ0) is 12.8. The van der Waals surface area contributed by atoms with Crippen molar-refractivity contribution in [3.8, 4) is 5.75 Å². The topological polar surface area (TPSA) is 61.6 Å². The molecule has 0 radical (unpaired) electrons. The van der Waals surface area contributed by atoms with Crippen molar-refractivity contribution >= 4 is 17.4 Å². The summed E-state index contributed by atoms with van der Waals surface area (Å²) in [6.45, 7) is 0.431. The summed E-state index contributed by atoms with van der Waals surface area (Å²) in [5.74, 6) is -0.133. The Morgan fingerprint density at radius 2 is 2.18 bits per heavy atom. The second kappa shape index (κ2) is 6.41. The summed E-state index contributed by atoms with van der Waals surface area (Å²) in [5, 5.41) is 10.8. The number of hydrogen-bond donors (Lipinski definition) is 0. The van der Waals surface area contributed by atoms with Gasteiger partial charge in [0.2, 0.25) is 5.82 Å². The van der Waals surface area contributed by atoms with Gasteiger partial charge in [-0.1, -0.05) is 0 Å². The Balaban J connectivity index is 3.04. The number of methoxy groups -OCH3 is 2. The van der Waals surface area contributed by atoms with Crippen LogP contribution >= 0.6 is 11.8 Å². The van der Waals surface area contributed by atoms with Crippen LogP contribution in [0.15, 0.2) is 17.0 Å². The van der Waals surface area contributed by atoms with Crippen molar-refractivity contribution in [2.75, 3.05) is 26.6 Å². The summed E-state index contributed by atoms with van der Waals surface area (Å²) in [5.41, 5.74) is -0.521. The Kier molecular flexibility index (Phi) is 5.17. The first-order chi connectivity index (χ1) is 8.10. The van der Waals surface area contributed by atoms with Crippen LogP contribution in [0.3, 0.4) is 0 Å². The Morgan fingerprint density at radius 3 is 2.71 bits per heavy atom. The maximum Gasteiger partial charge on any atom is 0.318 e. The maximum absolute atomic E-state index is 13.5. The molecule has 0 saturated carbocycles. The van der Waals surface area contributed by atoms with Crippen molar-refractivity contribution < 1.29 is 18.8 Å². The molecule has 0 atom stereocenters. The first-order valence-electron chi connectivity index (χ1n) is 4.73. The Morgan fingerprint density at radius 1 is 1.47 bits per heavy atom. The van der Waals surface area contributed by atoms with Crippen LogP contribution in [-0.2, 0) is 4.74 Å². The number of nitrogens with zero attached hydrogens (tertiary/aromatic N) is 1. The molecule has 0 saturated heterocycles. The number of halogens is 1. The number of rotatable bonds is 6. The summed E-state index contributed by atoms with van der Waals surface area (Å²) in [7, 11) is 2.91. The average molecular weight is 261 g/mol. The first kappa shape index (κ1) is 13.7. The van der Waals surface area contributed by atoms with E-state index in [0.717, 1.165) is 17.8 Å². The largest absolute Gasteiger partial charge is 0.497 e. The van der Waals surface area contributed by atoms with E-state index in [0.29, 0.717) is 12.4 Å². The van der Waals surface area contributed by atoms with Crippen molar-refractivity contribution in [2.45, 2.75) is 4.90 Å². The van der Waals surface area contributed by atoms with E-state index in [2.05, 4.69) is 0 Å². The van der Waals surface area contributed by atoms with Crippen LogP contribution in [0.2, 0.25) is 0 Å². The summed E-state index contributed by atoms with van der Waals surface area (Å²) in [6.07, 6.45) is 0. The van der Waals surface area contributed by atoms with Gasteiger partial charge in [-0.25, -0.2) is 0 Å². The second-order valence-electron chi connectivity index (χ2n) is 3.05. The molecule has 0 aliphatic rings. The van der Waals surface area contributed by atoms with Gasteiger partial charge in [-0.15, -0.1) is 11.8 Å². The van der Waals surface area contributed by atoms with E-state index in [4.69, 9.17) is 9.47 Å². The highest BCUT2D eigenvalue weighted by Crippen LogP contribution is 2.35. The van der Waals surface area contributed by atoms with Crippen LogP contribution < -0.4 is 4.74 Å². The number of thioether (sulfide) groups is 1. The molecular weight excluding hydrogens is 249 g/mol. The van der Waals surface area contributed by atoms with Gasteiger partial charge < -0.3 is 9.47 Å². The lowest BCUT2D eigenvalue weighted by Gasteiger charge is -2.06. The third kappa shape index (κ3) is 3.57. The molecule has 1 aromatic carbocycles. The van der Waals surface area contributed by atoms with Gasteiger partial charge in [0.05, 0.1) is 23.5 Å². The number of hydrogen-bond acceptors (Lipinski definition) is 5. The molecule has 0 heterocycles. The molecule has 0 aromatic heterocycles. The molecule has 0 bridgehead atoms. The molecule has 0 aliphatic heterocycles. The maximum atomic E-state index is 13.5. The second-order valence-corrected chi connectivity index (χ2v) is 4.19. The minimum absolute atomic E-state index is 0.240. The summed E-state index contributed by atoms with van der Waals surface area (Å²) in [6, 6.07) is 2.44. The normalized spacial score (nSPS) is 10.3. The predicted molar refractivity (Wildman–Crippen MR) is 62.2 cm³/mol. The highest BCUT2D eigenvalue weighted by atomic mass is 32.2. The van der Waals surface area contributed by atoms with E-state index in [-0.39, 0.29) is 10.6 Å². The molecule has 0 unspecified atom stereocenters. The number of ether oxygens (including phenoxy) is 2. The van der Waals surface area contributed by atoms with E-state index >= 15 is 0 Å². The quantitative estimate of drug-likeness (QED) is 0.341. The number of nitro benzene ring substituents is 1.